The van der Waals surface area contributed by atoms with E-state index in [0.717, 1.165) is 22.4 Å². The molecule has 2 heterocycles. The number of benzene rings is 3. The van der Waals surface area contributed by atoms with E-state index in [-0.39, 0.29) is 49.0 Å². The molecule has 1 saturated heterocycles. The maximum Gasteiger partial charge on any atom is 0.265 e. The first kappa shape index (κ1) is 40.9. The fourth-order valence-electron chi connectivity index (χ4n) is 5.94. The standard InChI is InChI=1S/C39H48N6O10/c1-2-16-41-44-36(48)28-8-6-26(7-9-28)27-10-12-29(13-11-27)42-34(47)25-55-24-23-54-22-21-53-20-19-52-18-17-40-31-5-3-4-30-35(31)39(51)45(38(30)50)32-14-15-33(46)43-37(32)49/h3-13,32-33,40-41,46H,2,14-25H2,1H3,(H,42,47)(H,43,49)(H,44,48). The third-order valence-corrected chi connectivity index (χ3v) is 8.72. The van der Waals surface area contributed by atoms with Gasteiger partial charge in [0.2, 0.25) is 11.8 Å². The summed E-state index contributed by atoms with van der Waals surface area (Å²) in [7, 11) is 0. The lowest BCUT2D eigenvalue weighted by atomic mass is 10.0. The number of carbonyl (C=O) groups excluding carboxylic acids is 5. The van der Waals surface area contributed by atoms with Crippen LogP contribution in [0.4, 0.5) is 11.4 Å². The predicted molar refractivity (Wildman–Crippen MR) is 202 cm³/mol. The van der Waals surface area contributed by atoms with Crippen LogP contribution >= 0.6 is 0 Å². The summed E-state index contributed by atoms with van der Waals surface area (Å²) in [5.41, 5.74) is 9.55. The van der Waals surface area contributed by atoms with E-state index in [2.05, 4.69) is 26.8 Å². The number of nitrogens with one attached hydrogen (secondary N) is 5. The summed E-state index contributed by atoms with van der Waals surface area (Å²) in [5.74, 6) is -2.11. The van der Waals surface area contributed by atoms with Gasteiger partial charge in [0, 0.05) is 30.0 Å². The van der Waals surface area contributed by atoms with Crippen molar-refractivity contribution in [1.82, 2.24) is 21.1 Å². The zero-order valence-corrected chi connectivity index (χ0v) is 30.8. The van der Waals surface area contributed by atoms with Crippen molar-refractivity contribution < 1.29 is 48.0 Å². The molecule has 3 aromatic rings. The fraction of sp³-hybridized carbons (Fsp3) is 0.410. The Morgan fingerprint density at radius 3 is 2.07 bits per heavy atom. The van der Waals surface area contributed by atoms with E-state index >= 15 is 0 Å². The molecule has 5 amide bonds. The molecule has 3 aromatic carbocycles. The first-order valence-corrected chi connectivity index (χ1v) is 18.3. The van der Waals surface area contributed by atoms with E-state index in [4.69, 9.17) is 18.9 Å². The maximum atomic E-state index is 13.2. The van der Waals surface area contributed by atoms with Gasteiger partial charge in [-0.15, -0.1) is 0 Å². The number of aliphatic hydroxyl groups excluding tert-OH is 1. The molecule has 0 aromatic heterocycles. The number of aliphatic hydroxyl groups is 1. The number of piperidine rings is 1. The zero-order chi connectivity index (χ0) is 39.0. The predicted octanol–water partition coefficient (Wildman–Crippen LogP) is 2.31. The molecule has 0 aliphatic carbocycles. The summed E-state index contributed by atoms with van der Waals surface area (Å²) in [6, 6.07) is 18.6. The van der Waals surface area contributed by atoms with E-state index in [1.165, 1.54) is 0 Å². The van der Waals surface area contributed by atoms with Crippen LogP contribution in [-0.4, -0.2) is 118 Å². The Kier molecular flexibility index (Phi) is 15.6. The van der Waals surface area contributed by atoms with Crippen LogP contribution in [0.25, 0.3) is 11.1 Å². The molecule has 5 rings (SSSR count). The molecule has 0 spiro atoms. The van der Waals surface area contributed by atoms with Crippen LogP contribution in [0.3, 0.4) is 0 Å². The number of hydrazine groups is 1. The molecule has 294 valence electrons. The van der Waals surface area contributed by atoms with E-state index in [1.54, 1.807) is 42.5 Å². The second-order valence-corrected chi connectivity index (χ2v) is 12.7. The van der Waals surface area contributed by atoms with Gasteiger partial charge in [-0.3, -0.25) is 34.3 Å². The number of nitrogens with zero attached hydrogens (tertiary/aromatic N) is 1. The first-order chi connectivity index (χ1) is 26.8. The van der Waals surface area contributed by atoms with E-state index in [1.807, 2.05) is 31.2 Å². The molecular formula is C39H48N6O10. The normalized spacial score (nSPS) is 16.5. The first-order valence-electron chi connectivity index (χ1n) is 18.3. The Bertz CT molecular complexity index is 1770. The highest BCUT2D eigenvalue weighted by Gasteiger charge is 2.45. The topological polar surface area (TPSA) is 206 Å². The van der Waals surface area contributed by atoms with E-state index in [0.29, 0.717) is 69.7 Å². The number of hydrogen-bond donors (Lipinski definition) is 6. The number of fused-ring (bicyclic) bond motifs is 1. The van der Waals surface area contributed by atoms with Crippen LogP contribution in [-0.2, 0) is 28.5 Å². The number of anilines is 2. The van der Waals surface area contributed by atoms with Crippen LogP contribution in [0.1, 0.15) is 57.3 Å². The molecule has 0 radical (unpaired) electrons. The molecule has 2 aliphatic heterocycles. The minimum absolute atomic E-state index is 0.116. The SMILES string of the molecule is CCCNNC(=O)c1ccc(-c2ccc(NC(=O)COCCOCCOCCOCCNc3cccc4c3C(=O)N(C3CCC(O)NC3=O)C4=O)cc2)cc1. The molecular weight excluding hydrogens is 712 g/mol. The van der Waals surface area contributed by atoms with Crippen LogP contribution in [0, 0.1) is 0 Å². The monoisotopic (exact) mass is 760 g/mol. The summed E-state index contributed by atoms with van der Waals surface area (Å²) < 4.78 is 22.0. The van der Waals surface area contributed by atoms with Gasteiger partial charge in [0.1, 0.15) is 18.9 Å². The van der Waals surface area contributed by atoms with Crippen LogP contribution in [0.15, 0.2) is 66.7 Å². The average Bonchev–Trinajstić information content (AvgIpc) is 3.44. The van der Waals surface area contributed by atoms with Crippen molar-refractivity contribution in [1.29, 1.82) is 0 Å². The minimum Gasteiger partial charge on any atom is -0.382 e. The Labute approximate surface area is 319 Å². The molecule has 2 atom stereocenters. The Balaban J connectivity index is 0.866. The molecule has 0 bridgehead atoms. The largest absolute Gasteiger partial charge is 0.382 e. The quantitative estimate of drug-likeness (QED) is 0.0496. The van der Waals surface area contributed by atoms with Gasteiger partial charge in [-0.2, -0.15) is 0 Å². The van der Waals surface area contributed by atoms with Gasteiger partial charge in [-0.1, -0.05) is 37.3 Å². The van der Waals surface area contributed by atoms with Gasteiger partial charge in [0.25, 0.3) is 17.7 Å². The number of rotatable bonds is 22. The van der Waals surface area contributed by atoms with Gasteiger partial charge in [-0.05, 0) is 66.8 Å². The molecule has 6 N–H and O–H groups in total. The van der Waals surface area contributed by atoms with Crippen molar-refractivity contribution in [2.45, 2.75) is 38.5 Å². The third kappa shape index (κ3) is 11.6. The van der Waals surface area contributed by atoms with Crippen LogP contribution in [0.5, 0.6) is 0 Å². The molecule has 0 saturated carbocycles. The lowest BCUT2D eigenvalue weighted by Crippen LogP contribution is -2.55. The van der Waals surface area contributed by atoms with Gasteiger partial charge < -0.3 is 40.0 Å². The molecule has 16 nitrogen and oxygen atoms in total. The second kappa shape index (κ2) is 21.0. The highest BCUT2D eigenvalue weighted by Crippen LogP contribution is 2.32. The maximum absolute atomic E-state index is 13.2. The van der Waals surface area contributed by atoms with Crippen molar-refractivity contribution in [3.8, 4) is 11.1 Å². The Hall–Kier alpha value is -5.23. The van der Waals surface area contributed by atoms with E-state index < -0.39 is 30.0 Å². The van der Waals surface area contributed by atoms with Gasteiger partial charge in [0.15, 0.2) is 0 Å². The van der Waals surface area contributed by atoms with Crippen molar-refractivity contribution in [3.05, 3.63) is 83.4 Å². The summed E-state index contributed by atoms with van der Waals surface area (Å²) >= 11 is 0. The smallest absolute Gasteiger partial charge is 0.265 e. The molecule has 16 heteroatoms. The highest BCUT2D eigenvalue weighted by molar-refractivity contribution is 6.25. The molecule has 55 heavy (non-hydrogen) atoms. The van der Waals surface area contributed by atoms with E-state index in [9.17, 15) is 29.1 Å². The van der Waals surface area contributed by atoms with Crippen molar-refractivity contribution in [2.24, 2.45) is 0 Å². The van der Waals surface area contributed by atoms with Gasteiger partial charge >= 0.3 is 0 Å². The van der Waals surface area contributed by atoms with Crippen LogP contribution in [0.2, 0.25) is 0 Å². The van der Waals surface area contributed by atoms with Crippen molar-refractivity contribution in [3.63, 3.8) is 0 Å². The number of ether oxygens (including phenoxy) is 4. The second-order valence-electron chi connectivity index (χ2n) is 12.7. The summed E-state index contributed by atoms with van der Waals surface area (Å²) in [6.45, 7) is 5.24. The lowest BCUT2D eigenvalue weighted by molar-refractivity contribution is -0.131. The summed E-state index contributed by atoms with van der Waals surface area (Å²) in [6.07, 6.45) is 0.369. The van der Waals surface area contributed by atoms with Crippen molar-refractivity contribution in [2.75, 3.05) is 76.6 Å². The van der Waals surface area contributed by atoms with Crippen molar-refractivity contribution >= 4 is 40.9 Å². The Morgan fingerprint density at radius 2 is 1.42 bits per heavy atom. The Morgan fingerprint density at radius 1 is 0.782 bits per heavy atom. The average molecular weight is 761 g/mol. The molecule has 2 unspecified atom stereocenters. The molecule has 1 fully saturated rings. The number of amides is 5. The molecule has 2 aliphatic rings. The highest BCUT2D eigenvalue weighted by atomic mass is 16.6. The summed E-state index contributed by atoms with van der Waals surface area (Å²) in [5, 5.41) is 18.0. The number of carbonyl (C=O) groups is 5. The summed E-state index contributed by atoms with van der Waals surface area (Å²) in [4.78, 5) is 64.0. The fourth-order valence-corrected chi connectivity index (χ4v) is 5.94. The van der Waals surface area contributed by atoms with Crippen LogP contribution < -0.4 is 26.8 Å². The zero-order valence-electron chi connectivity index (χ0n) is 30.8. The number of hydrogen-bond acceptors (Lipinski definition) is 12. The number of imide groups is 1. The van der Waals surface area contributed by atoms with Gasteiger partial charge in [0.05, 0.1) is 57.4 Å². The third-order valence-electron chi connectivity index (χ3n) is 8.72. The lowest BCUT2D eigenvalue weighted by Gasteiger charge is -2.31. The van der Waals surface area contributed by atoms with Gasteiger partial charge in [-0.25, -0.2) is 5.43 Å². The minimum atomic E-state index is -0.985.